The van der Waals surface area contributed by atoms with Crippen LogP contribution in [0, 0.1) is 0 Å². The highest BCUT2D eigenvalue weighted by molar-refractivity contribution is 7.98. The topological polar surface area (TPSA) is 24.1 Å². The van der Waals surface area contributed by atoms with E-state index in [0.29, 0.717) is 0 Å². The summed E-state index contributed by atoms with van der Waals surface area (Å²) in [5.74, 6) is 1.28. The van der Waals surface area contributed by atoms with Crippen LogP contribution >= 0.6 is 11.8 Å². The standard InChI is InChI=1S/C7H16N2S/c1-10-5-2-7-6-8-3-4-9-7/h7-9H,2-6H2,1H3/t7-/m0/s1. The molecule has 1 aliphatic rings. The normalized spacial score (nSPS) is 26.7. The molecule has 2 N–H and O–H groups in total. The molecule has 0 saturated carbocycles. The molecule has 0 aromatic heterocycles. The minimum absolute atomic E-state index is 0.723. The highest BCUT2D eigenvalue weighted by Crippen LogP contribution is 2.00. The molecule has 60 valence electrons. The van der Waals surface area contributed by atoms with Crippen LogP contribution in [0.4, 0.5) is 0 Å². The van der Waals surface area contributed by atoms with Crippen molar-refractivity contribution < 1.29 is 0 Å². The Labute approximate surface area is 67.1 Å². The smallest absolute Gasteiger partial charge is 0.0200 e. The lowest BCUT2D eigenvalue weighted by Crippen LogP contribution is -2.48. The van der Waals surface area contributed by atoms with Crippen LogP contribution in [-0.2, 0) is 0 Å². The Morgan fingerprint density at radius 3 is 3.00 bits per heavy atom. The predicted octanol–water partition coefficient (Wildman–Crippen LogP) is 0.301. The first-order chi connectivity index (χ1) is 4.93. The lowest BCUT2D eigenvalue weighted by molar-refractivity contribution is 0.412. The fourth-order valence-corrected chi connectivity index (χ4v) is 1.70. The SMILES string of the molecule is CSCC[C@H]1CNCCN1. The highest BCUT2D eigenvalue weighted by atomic mass is 32.2. The second-order valence-corrected chi connectivity index (χ2v) is 3.62. The van der Waals surface area contributed by atoms with Crippen molar-refractivity contribution in [3.05, 3.63) is 0 Å². The van der Waals surface area contributed by atoms with E-state index in [2.05, 4.69) is 16.9 Å². The molecule has 1 rings (SSSR count). The van der Waals surface area contributed by atoms with Gasteiger partial charge in [-0.1, -0.05) is 0 Å². The number of piperazine rings is 1. The van der Waals surface area contributed by atoms with Crippen molar-refractivity contribution in [1.82, 2.24) is 10.6 Å². The molecule has 0 spiro atoms. The summed E-state index contributed by atoms with van der Waals surface area (Å²) in [6, 6.07) is 0.723. The summed E-state index contributed by atoms with van der Waals surface area (Å²) in [5.41, 5.74) is 0. The van der Waals surface area contributed by atoms with Gasteiger partial charge in [-0.15, -0.1) is 0 Å². The zero-order valence-corrected chi connectivity index (χ0v) is 7.34. The molecule has 1 saturated heterocycles. The maximum atomic E-state index is 3.48. The first-order valence-corrected chi connectivity index (χ1v) is 5.26. The Morgan fingerprint density at radius 1 is 1.50 bits per heavy atom. The van der Waals surface area contributed by atoms with Crippen LogP contribution in [0.5, 0.6) is 0 Å². The van der Waals surface area contributed by atoms with Crippen molar-refractivity contribution in [1.29, 1.82) is 0 Å². The fraction of sp³-hybridized carbons (Fsp3) is 1.00. The summed E-state index contributed by atoms with van der Waals surface area (Å²) in [6.45, 7) is 3.43. The maximum Gasteiger partial charge on any atom is 0.0200 e. The molecule has 0 aromatic carbocycles. The van der Waals surface area contributed by atoms with E-state index in [9.17, 15) is 0 Å². The van der Waals surface area contributed by atoms with Gasteiger partial charge in [-0.3, -0.25) is 0 Å². The molecule has 0 unspecified atom stereocenters. The molecular weight excluding hydrogens is 144 g/mol. The molecule has 1 fully saturated rings. The number of hydrogen-bond acceptors (Lipinski definition) is 3. The molecule has 10 heavy (non-hydrogen) atoms. The maximum absolute atomic E-state index is 3.48. The van der Waals surface area contributed by atoms with Crippen molar-refractivity contribution in [2.75, 3.05) is 31.6 Å². The predicted molar refractivity (Wildman–Crippen MR) is 47.7 cm³/mol. The van der Waals surface area contributed by atoms with Crippen molar-refractivity contribution >= 4 is 11.8 Å². The van der Waals surface area contributed by atoms with Gasteiger partial charge in [0.25, 0.3) is 0 Å². The van der Waals surface area contributed by atoms with Crippen molar-refractivity contribution in [3.63, 3.8) is 0 Å². The van der Waals surface area contributed by atoms with Gasteiger partial charge < -0.3 is 10.6 Å². The zero-order chi connectivity index (χ0) is 7.23. The summed E-state index contributed by atoms with van der Waals surface area (Å²) >= 11 is 1.93. The summed E-state index contributed by atoms with van der Waals surface area (Å²) in [7, 11) is 0. The quantitative estimate of drug-likeness (QED) is 0.621. The van der Waals surface area contributed by atoms with Gasteiger partial charge in [-0.25, -0.2) is 0 Å². The number of thioether (sulfide) groups is 1. The second kappa shape index (κ2) is 4.99. The monoisotopic (exact) mass is 160 g/mol. The molecule has 0 bridgehead atoms. The number of hydrogen-bond donors (Lipinski definition) is 2. The van der Waals surface area contributed by atoms with Crippen LogP contribution in [0.25, 0.3) is 0 Å². The zero-order valence-electron chi connectivity index (χ0n) is 6.52. The van der Waals surface area contributed by atoms with E-state index < -0.39 is 0 Å². The fourth-order valence-electron chi connectivity index (χ4n) is 1.18. The summed E-state index contributed by atoms with van der Waals surface area (Å²) in [6.07, 6.45) is 3.46. The second-order valence-electron chi connectivity index (χ2n) is 2.64. The van der Waals surface area contributed by atoms with Crippen molar-refractivity contribution in [2.45, 2.75) is 12.5 Å². The van der Waals surface area contributed by atoms with Crippen molar-refractivity contribution in [2.24, 2.45) is 0 Å². The Morgan fingerprint density at radius 2 is 2.40 bits per heavy atom. The van der Waals surface area contributed by atoms with Crippen LogP contribution < -0.4 is 10.6 Å². The van der Waals surface area contributed by atoms with Crippen LogP contribution in [0.2, 0.25) is 0 Å². The van der Waals surface area contributed by atoms with Crippen LogP contribution in [0.15, 0.2) is 0 Å². The van der Waals surface area contributed by atoms with E-state index in [0.717, 1.165) is 25.7 Å². The Bertz CT molecular complexity index is 81.7. The van der Waals surface area contributed by atoms with Gasteiger partial charge in [0.05, 0.1) is 0 Å². The van der Waals surface area contributed by atoms with Crippen LogP contribution in [-0.4, -0.2) is 37.7 Å². The van der Waals surface area contributed by atoms with Crippen molar-refractivity contribution in [3.8, 4) is 0 Å². The third-order valence-corrected chi connectivity index (χ3v) is 2.44. The first kappa shape index (κ1) is 8.37. The molecule has 1 atom stereocenters. The molecule has 0 radical (unpaired) electrons. The molecular formula is C7H16N2S. The van der Waals surface area contributed by atoms with E-state index in [1.807, 2.05) is 11.8 Å². The average molecular weight is 160 g/mol. The molecule has 0 aromatic rings. The van der Waals surface area contributed by atoms with Crippen LogP contribution in [0.1, 0.15) is 6.42 Å². The number of nitrogens with one attached hydrogen (secondary N) is 2. The van der Waals surface area contributed by atoms with E-state index in [1.165, 1.54) is 12.2 Å². The van der Waals surface area contributed by atoms with Gasteiger partial charge in [0.15, 0.2) is 0 Å². The van der Waals surface area contributed by atoms with Gasteiger partial charge >= 0.3 is 0 Å². The lowest BCUT2D eigenvalue weighted by atomic mass is 10.2. The summed E-state index contributed by atoms with van der Waals surface area (Å²) in [5, 5.41) is 6.85. The largest absolute Gasteiger partial charge is 0.314 e. The third-order valence-electron chi connectivity index (χ3n) is 1.80. The Kier molecular flexibility index (Phi) is 4.18. The van der Waals surface area contributed by atoms with Gasteiger partial charge in [0.2, 0.25) is 0 Å². The molecule has 1 heterocycles. The van der Waals surface area contributed by atoms with Crippen LogP contribution in [0.3, 0.4) is 0 Å². The third kappa shape index (κ3) is 2.90. The molecule has 3 heteroatoms. The molecule has 2 nitrogen and oxygen atoms in total. The average Bonchev–Trinajstić information content (AvgIpc) is 2.03. The summed E-state index contributed by atoms with van der Waals surface area (Å²) in [4.78, 5) is 0. The minimum Gasteiger partial charge on any atom is -0.314 e. The van der Waals surface area contributed by atoms with Gasteiger partial charge in [-0.2, -0.15) is 11.8 Å². The van der Waals surface area contributed by atoms with E-state index in [4.69, 9.17) is 0 Å². The van der Waals surface area contributed by atoms with Gasteiger partial charge in [0.1, 0.15) is 0 Å². The van der Waals surface area contributed by atoms with E-state index in [-0.39, 0.29) is 0 Å². The molecule has 1 aliphatic heterocycles. The Balaban J connectivity index is 2.02. The molecule has 0 amide bonds. The van der Waals surface area contributed by atoms with E-state index in [1.54, 1.807) is 0 Å². The number of rotatable bonds is 3. The minimum atomic E-state index is 0.723. The first-order valence-electron chi connectivity index (χ1n) is 3.86. The highest BCUT2D eigenvalue weighted by Gasteiger charge is 2.09. The molecule has 0 aliphatic carbocycles. The Hall–Kier alpha value is 0.270. The van der Waals surface area contributed by atoms with E-state index >= 15 is 0 Å². The van der Waals surface area contributed by atoms with Gasteiger partial charge in [0, 0.05) is 25.7 Å². The lowest BCUT2D eigenvalue weighted by Gasteiger charge is -2.23. The van der Waals surface area contributed by atoms with Gasteiger partial charge in [-0.05, 0) is 18.4 Å². The summed E-state index contributed by atoms with van der Waals surface area (Å²) < 4.78 is 0.